The fourth-order valence-corrected chi connectivity index (χ4v) is 2.42. The van der Waals surface area contributed by atoms with Gasteiger partial charge in [0.2, 0.25) is 10.0 Å². The van der Waals surface area contributed by atoms with Crippen LogP contribution in [0.25, 0.3) is 0 Å². The van der Waals surface area contributed by atoms with Crippen LogP contribution >= 0.6 is 0 Å². The van der Waals surface area contributed by atoms with Gasteiger partial charge in [0.25, 0.3) is 0 Å². The molecule has 1 atom stereocenters. The smallest absolute Gasteiger partial charge is 0.321 e. The summed E-state index contributed by atoms with van der Waals surface area (Å²) < 4.78 is 34.8. The molecule has 0 aromatic heterocycles. The van der Waals surface area contributed by atoms with Crippen molar-refractivity contribution in [3.63, 3.8) is 0 Å². The molecule has 2 N–H and O–H groups in total. The molecule has 0 amide bonds. The maximum Gasteiger partial charge on any atom is 0.321 e. The SMILES string of the molecule is CCOCCS(=O)(=O)N[C@@H](CCC(=O)OCC)C(=O)O. The van der Waals surface area contributed by atoms with Crippen molar-refractivity contribution in [2.45, 2.75) is 32.7 Å². The zero-order valence-corrected chi connectivity index (χ0v) is 12.4. The van der Waals surface area contributed by atoms with Crippen molar-refractivity contribution in [3.8, 4) is 0 Å². The van der Waals surface area contributed by atoms with Crippen LogP contribution in [0, 0.1) is 0 Å². The Hall–Kier alpha value is -1.19. The summed E-state index contributed by atoms with van der Waals surface area (Å²) in [7, 11) is -3.77. The summed E-state index contributed by atoms with van der Waals surface area (Å²) in [6, 6.07) is -1.36. The largest absolute Gasteiger partial charge is 0.480 e. The number of carboxylic acids is 1. The fraction of sp³-hybridized carbons (Fsp3) is 0.818. The van der Waals surface area contributed by atoms with E-state index < -0.39 is 28.0 Å². The molecule has 0 aliphatic rings. The molecule has 0 aliphatic heterocycles. The minimum Gasteiger partial charge on any atom is -0.480 e. The Balaban J connectivity index is 4.39. The summed E-state index contributed by atoms with van der Waals surface area (Å²) >= 11 is 0. The van der Waals surface area contributed by atoms with Crippen molar-refractivity contribution < 1.29 is 32.6 Å². The first-order valence-corrected chi connectivity index (χ1v) is 7.93. The molecule has 8 nitrogen and oxygen atoms in total. The Bertz CT molecular complexity index is 407. The highest BCUT2D eigenvalue weighted by Gasteiger charge is 2.24. The Morgan fingerprint density at radius 3 is 2.40 bits per heavy atom. The zero-order valence-electron chi connectivity index (χ0n) is 11.6. The maximum absolute atomic E-state index is 11.6. The van der Waals surface area contributed by atoms with E-state index in [1.54, 1.807) is 13.8 Å². The number of esters is 1. The molecule has 0 fully saturated rings. The van der Waals surface area contributed by atoms with E-state index in [0.29, 0.717) is 6.61 Å². The van der Waals surface area contributed by atoms with Gasteiger partial charge in [-0.15, -0.1) is 0 Å². The predicted molar refractivity (Wildman–Crippen MR) is 70.7 cm³/mol. The van der Waals surface area contributed by atoms with Crippen LogP contribution in [0.3, 0.4) is 0 Å². The van der Waals surface area contributed by atoms with Gasteiger partial charge in [-0.3, -0.25) is 9.59 Å². The molecular formula is C11H21NO7S. The topological polar surface area (TPSA) is 119 Å². The van der Waals surface area contributed by atoms with Crippen molar-refractivity contribution in [3.05, 3.63) is 0 Å². The number of carboxylic acid groups (broad SMARTS) is 1. The number of carbonyl (C=O) groups excluding carboxylic acids is 1. The first kappa shape index (κ1) is 18.8. The standard InChI is InChI=1S/C11H21NO7S/c1-3-18-7-8-20(16,17)12-9(11(14)15)5-6-10(13)19-4-2/h9,12H,3-8H2,1-2H3,(H,14,15)/t9-/m0/s1. The average molecular weight is 311 g/mol. The molecule has 0 saturated carbocycles. The van der Waals surface area contributed by atoms with E-state index in [1.807, 2.05) is 4.72 Å². The molecule has 20 heavy (non-hydrogen) atoms. The average Bonchev–Trinajstić information content (AvgIpc) is 2.34. The van der Waals surface area contributed by atoms with E-state index in [4.69, 9.17) is 9.84 Å². The van der Waals surface area contributed by atoms with E-state index in [2.05, 4.69) is 4.74 Å². The normalized spacial score (nSPS) is 12.9. The Kier molecular flexibility index (Phi) is 9.10. The molecule has 0 bridgehead atoms. The van der Waals surface area contributed by atoms with Gasteiger partial charge in [0, 0.05) is 13.0 Å². The van der Waals surface area contributed by atoms with Crippen molar-refractivity contribution in [1.82, 2.24) is 4.72 Å². The molecule has 0 unspecified atom stereocenters. The highest BCUT2D eigenvalue weighted by atomic mass is 32.2. The van der Waals surface area contributed by atoms with Gasteiger partial charge in [-0.25, -0.2) is 13.1 Å². The van der Waals surface area contributed by atoms with Crippen molar-refractivity contribution in [2.24, 2.45) is 0 Å². The number of carbonyl (C=O) groups is 2. The van der Waals surface area contributed by atoms with Crippen LogP contribution in [0.2, 0.25) is 0 Å². The number of ether oxygens (including phenoxy) is 2. The second-order valence-electron chi connectivity index (χ2n) is 3.87. The lowest BCUT2D eigenvalue weighted by atomic mass is 10.2. The van der Waals surface area contributed by atoms with Gasteiger partial charge in [0.05, 0.1) is 19.0 Å². The van der Waals surface area contributed by atoms with E-state index in [9.17, 15) is 18.0 Å². The number of hydrogen-bond donors (Lipinski definition) is 2. The van der Waals surface area contributed by atoms with Gasteiger partial charge in [0.15, 0.2) is 0 Å². The van der Waals surface area contributed by atoms with Gasteiger partial charge >= 0.3 is 11.9 Å². The zero-order chi connectivity index (χ0) is 15.6. The molecule has 0 spiro atoms. The minimum atomic E-state index is -3.77. The molecule has 0 aromatic rings. The van der Waals surface area contributed by atoms with Crippen molar-refractivity contribution in [2.75, 3.05) is 25.6 Å². The van der Waals surface area contributed by atoms with Gasteiger partial charge in [-0.05, 0) is 20.3 Å². The minimum absolute atomic E-state index is 0.0178. The number of nitrogens with one attached hydrogen (secondary N) is 1. The quantitative estimate of drug-likeness (QED) is 0.398. The van der Waals surface area contributed by atoms with Gasteiger partial charge in [-0.2, -0.15) is 0 Å². The van der Waals surface area contributed by atoms with Crippen LogP contribution in [0.4, 0.5) is 0 Å². The molecule has 0 heterocycles. The molecule has 118 valence electrons. The summed E-state index contributed by atoms with van der Waals surface area (Å²) in [5.41, 5.74) is 0. The Morgan fingerprint density at radius 2 is 1.90 bits per heavy atom. The second-order valence-corrected chi connectivity index (χ2v) is 5.74. The molecule has 0 aliphatic carbocycles. The highest BCUT2D eigenvalue weighted by molar-refractivity contribution is 7.89. The van der Waals surface area contributed by atoms with E-state index in [0.717, 1.165) is 0 Å². The fourth-order valence-electron chi connectivity index (χ4n) is 1.32. The number of sulfonamides is 1. The van der Waals surface area contributed by atoms with Gasteiger partial charge in [0.1, 0.15) is 6.04 Å². The predicted octanol–water partition coefficient (Wildman–Crippen LogP) is -0.261. The number of hydrogen-bond acceptors (Lipinski definition) is 6. The molecule has 0 radical (unpaired) electrons. The summed E-state index contributed by atoms with van der Waals surface area (Å²) in [5, 5.41) is 8.94. The summed E-state index contributed by atoms with van der Waals surface area (Å²) in [6.07, 6.45) is -0.333. The van der Waals surface area contributed by atoms with Gasteiger partial charge in [-0.1, -0.05) is 0 Å². The lowest BCUT2D eigenvalue weighted by Gasteiger charge is -2.14. The van der Waals surface area contributed by atoms with Crippen LogP contribution in [0.5, 0.6) is 0 Å². The molecule has 9 heteroatoms. The summed E-state index contributed by atoms with van der Waals surface area (Å²) in [5.74, 6) is -2.23. The highest BCUT2D eigenvalue weighted by Crippen LogP contribution is 2.02. The van der Waals surface area contributed by atoms with Crippen molar-refractivity contribution in [1.29, 1.82) is 0 Å². The van der Waals surface area contributed by atoms with Crippen molar-refractivity contribution >= 4 is 22.0 Å². The van der Waals surface area contributed by atoms with Crippen LogP contribution in [-0.2, 0) is 29.1 Å². The number of aliphatic carboxylic acids is 1. The van der Waals surface area contributed by atoms with Gasteiger partial charge < -0.3 is 14.6 Å². The molecule has 0 rings (SSSR count). The van der Waals surface area contributed by atoms with E-state index >= 15 is 0 Å². The molecule has 0 saturated heterocycles. The number of rotatable bonds is 11. The van der Waals surface area contributed by atoms with E-state index in [1.165, 1.54) is 0 Å². The summed E-state index contributed by atoms with van der Waals surface area (Å²) in [4.78, 5) is 22.1. The first-order valence-electron chi connectivity index (χ1n) is 6.28. The second kappa shape index (κ2) is 9.67. The van der Waals surface area contributed by atoms with Crippen LogP contribution in [0.15, 0.2) is 0 Å². The Morgan fingerprint density at radius 1 is 1.25 bits per heavy atom. The third kappa shape index (κ3) is 8.83. The lowest BCUT2D eigenvalue weighted by Crippen LogP contribution is -2.42. The third-order valence-corrected chi connectivity index (χ3v) is 3.61. The van der Waals surface area contributed by atoms with Crippen LogP contribution < -0.4 is 4.72 Å². The Labute approximate surface area is 118 Å². The third-order valence-electron chi connectivity index (χ3n) is 2.26. The van der Waals surface area contributed by atoms with Crippen LogP contribution in [-0.4, -0.2) is 57.1 Å². The monoisotopic (exact) mass is 311 g/mol. The summed E-state index contributed by atoms with van der Waals surface area (Å²) in [6.45, 7) is 3.90. The molecular weight excluding hydrogens is 290 g/mol. The molecule has 0 aromatic carbocycles. The maximum atomic E-state index is 11.6. The lowest BCUT2D eigenvalue weighted by molar-refractivity contribution is -0.144. The van der Waals surface area contributed by atoms with E-state index in [-0.39, 0.29) is 31.8 Å². The van der Waals surface area contributed by atoms with Crippen LogP contribution in [0.1, 0.15) is 26.7 Å². The first-order chi connectivity index (χ1) is 9.32.